The van der Waals surface area contributed by atoms with E-state index >= 15 is 0 Å². The molecular formula is C8H8O3P+. The second-order valence-corrected chi connectivity index (χ2v) is 3.37. The van der Waals surface area contributed by atoms with Crippen LogP contribution >= 0.6 is 8.03 Å². The summed E-state index contributed by atoms with van der Waals surface area (Å²) in [6.45, 7) is 0. The Labute approximate surface area is 70.9 Å². The van der Waals surface area contributed by atoms with Gasteiger partial charge in [0.2, 0.25) is 0 Å². The van der Waals surface area contributed by atoms with Crippen LogP contribution in [-0.2, 0) is 15.8 Å². The summed E-state index contributed by atoms with van der Waals surface area (Å²) in [4.78, 5) is 19.2. The fraction of sp³-hybridized carbons (Fsp3) is 0.125. The van der Waals surface area contributed by atoms with E-state index in [2.05, 4.69) is 0 Å². The number of benzene rings is 1. The summed E-state index contributed by atoms with van der Waals surface area (Å²) in [5.74, 6) is 0. The Hall–Kier alpha value is -1.05. The molecule has 1 atom stereocenters. The van der Waals surface area contributed by atoms with E-state index in [4.69, 9.17) is 4.89 Å². The molecule has 0 fully saturated rings. The molecule has 0 bridgehead atoms. The van der Waals surface area contributed by atoms with Crippen molar-refractivity contribution in [2.24, 2.45) is 0 Å². The van der Waals surface area contributed by atoms with Crippen molar-refractivity contribution < 1.29 is 14.3 Å². The van der Waals surface area contributed by atoms with E-state index in [0.717, 1.165) is 5.56 Å². The van der Waals surface area contributed by atoms with Crippen molar-refractivity contribution >= 4 is 13.6 Å². The Bertz CT molecular complexity index is 294. The lowest BCUT2D eigenvalue weighted by Gasteiger charge is -1.90. The summed E-state index contributed by atoms with van der Waals surface area (Å²) >= 11 is 0. The van der Waals surface area contributed by atoms with Crippen LogP contribution in [0, 0.1) is 0 Å². The van der Waals surface area contributed by atoms with E-state index in [0.29, 0.717) is 0 Å². The fourth-order valence-corrected chi connectivity index (χ4v) is 1.16. The minimum atomic E-state index is -2.67. The Morgan fingerprint density at radius 2 is 1.92 bits per heavy atom. The van der Waals surface area contributed by atoms with Gasteiger partial charge in [-0.15, -0.1) is 0 Å². The summed E-state index contributed by atoms with van der Waals surface area (Å²) in [5, 5.41) is 0. The zero-order valence-electron chi connectivity index (χ0n) is 6.30. The van der Waals surface area contributed by atoms with Gasteiger partial charge in [-0.05, 0) is 10.1 Å². The normalized spacial score (nSPS) is 10.9. The molecule has 0 spiro atoms. The maximum Gasteiger partial charge on any atom is 0.585 e. The van der Waals surface area contributed by atoms with Crippen LogP contribution in [0.3, 0.4) is 0 Å². The second kappa shape index (κ2) is 4.10. The number of carbonyl (C=O) groups excluding carboxylic acids is 1. The first kappa shape index (κ1) is 9.04. The smallest absolute Gasteiger partial charge is 0.236 e. The van der Waals surface area contributed by atoms with E-state index in [1.165, 1.54) is 0 Å². The van der Waals surface area contributed by atoms with Crippen LogP contribution in [0.4, 0.5) is 0 Å². The third-order valence-electron chi connectivity index (χ3n) is 1.41. The molecule has 0 aliphatic heterocycles. The van der Waals surface area contributed by atoms with Gasteiger partial charge in [-0.3, -0.25) is 0 Å². The summed E-state index contributed by atoms with van der Waals surface area (Å²) in [5.41, 5.74) is 0.135. The molecule has 1 rings (SSSR count). The van der Waals surface area contributed by atoms with Crippen molar-refractivity contribution in [2.45, 2.75) is 6.42 Å². The highest BCUT2D eigenvalue weighted by atomic mass is 31.1. The topological polar surface area (TPSA) is 54.4 Å². The van der Waals surface area contributed by atoms with E-state index in [1.54, 1.807) is 24.3 Å². The molecule has 0 aromatic heterocycles. The SMILES string of the molecule is O=C(Cc1ccccc1)[P+](=O)O. The van der Waals surface area contributed by atoms with Crippen LogP contribution in [0.15, 0.2) is 30.3 Å². The number of carbonyl (C=O) groups is 1. The molecule has 4 heteroatoms. The average Bonchev–Trinajstić information content (AvgIpc) is 2.06. The molecule has 12 heavy (non-hydrogen) atoms. The molecule has 1 N–H and O–H groups in total. The fourth-order valence-electron chi connectivity index (χ4n) is 0.838. The van der Waals surface area contributed by atoms with E-state index in [-0.39, 0.29) is 6.42 Å². The maximum atomic E-state index is 10.8. The minimum absolute atomic E-state index is 0.0343. The number of hydrogen-bond acceptors (Lipinski definition) is 2. The van der Waals surface area contributed by atoms with Gasteiger partial charge in [0.15, 0.2) is 0 Å². The molecule has 0 radical (unpaired) electrons. The third-order valence-corrected chi connectivity index (χ3v) is 2.00. The number of rotatable bonds is 3. The van der Waals surface area contributed by atoms with Crippen LogP contribution < -0.4 is 0 Å². The molecule has 62 valence electrons. The zero-order valence-corrected chi connectivity index (χ0v) is 7.20. The van der Waals surface area contributed by atoms with E-state index in [9.17, 15) is 9.36 Å². The monoisotopic (exact) mass is 183 g/mol. The zero-order chi connectivity index (χ0) is 8.97. The first-order chi connectivity index (χ1) is 5.70. The van der Waals surface area contributed by atoms with Crippen molar-refractivity contribution in [1.29, 1.82) is 0 Å². The highest BCUT2D eigenvalue weighted by molar-refractivity contribution is 7.58. The Kier molecular flexibility index (Phi) is 3.09. The lowest BCUT2D eigenvalue weighted by atomic mass is 10.2. The predicted octanol–water partition coefficient (Wildman–Crippen LogP) is 1.49. The van der Waals surface area contributed by atoms with Gasteiger partial charge in [-0.1, -0.05) is 30.3 Å². The van der Waals surface area contributed by atoms with Crippen molar-refractivity contribution in [3.63, 3.8) is 0 Å². The van der Waals surface area contributed by atoms with Crippen LogP contribution in [-0.4, -0.2) is 10.4 Å². The Morgan fingerprint density at radius 1 is 1.33 bits per heavy atom. The summed E-state index contributed by atoms with van der Waals surface area (Å²) < 4.78 is 10.3. The van der Waals surface area contributed by atoms with Crippen LogP contribution in [0.1, 0.15) is 5.56 Å². The average molecular weight is 183 g/mol. The van der Waals surface area contributed by atoms with Crippen molar-refractivity contribution in [3.05, 3.63) is 35.9 Å². The van der Waals surface area contributed by atoms with Gasteiger partial charge >= 0.3 is 13.6 Å². The standard InChI is InChI=1S/C8H7O3P/c9-8(12(10)11)6-7-4-2-1-3-5-7/h1-5H,6H2/p+1. The van der Waals surface area contributed by atoms with Gasteiger partial charge in [0.25, 0.3) is 0 Å². The largest absolute Gasteiger partial charge is 0.585 e. The minimum Gasteiger partial charge on any atom is -0.236 e. The molecule has 0 aliphatic rings. The molecule has 0 amide bonds. The van der Waals surface area contributed by atoms with Crippen molar-refractivity contribution in [2.75, 3.05) is 0 Å². The van der Waals surface area contributed by atoms with Crippen LogP contribution in [0.5, 0.6) is 0 Å². The quantitative estimate of drug-likeness (QED) is 0.722. The van der Waals surface area contributed by atoms with Crippen molar-refractivity contribution in [3.8, 4) is 0 Å². The predicted molar refractivity (Wildman–Crippen MR) is 45.0 cm³/mol. The van der Waals surface area contributed by atoms with Gasteiger partial charge in [-0.2, -0.15) is 4.89 Å². The molecule has 1 unspecified atom stereocenters. The van der Waals surface area contributed by atoms with Crippen LogP contribution in [0.2, 0.25) is 0 Å². The first-order valence-electron chi connectivity index (χ1n) is 3.43. The molecule has 0 aliphatic carbocycles. The molecule has 3 nitrogen and oxygen atoms in total. The molecule has 0 heterocycles. The summed E-state index contributed by atoms with van der Waals surface area (Å²) in [6, 6.07) is 8.89. The van der Waals surface area contributed by atoms with Crippen molar-refractivity contribution in [1.82, 2.24) is 0 Å². The first-order valence-corrected chi connectivity index (χ1v) is 4.64. The maximum absolute atomic E-state index is 10.8. The highest BCUT2D eigenvalue weighted by Gasteiger charge is 2.25. The molecule has 1 aromatic rings. The van der Waals surface area contributed by atoms with Gasteiger partial charge in [-0.25, -0.2) is 4.79 Å². The van der Waals surface area contributed by atoms with Crippen LogP contribution in [0.25, 0.3) is 0 Å². The summed E-state index contributed by atoms with van der Waals surface area (Å²) in [6.07, 6.45) is 0.0343. The molecule has 1 aromatic carbocycles. The third kappa shape index (κ3) is 2.53. The van der Waals surface area contributed by atoms with Gasteiger partial charge < -0.3 is 0 Å². The molecule has 0 saturated heterocycles. The van der Waals surface area contributed by atoms with Gasteiger partial charge in [0, 0.05) is 0 Å². The van der Waals surface area contributed by atoms with E-state index < -0.39 is 13.6 Å². The Balaban J connectivity index is 2.65. The van der Waals surface area contributed by atoms with Gasteiger partial charge in [0.1, 0.15) is 0 Å². The van der Waals surface area contributed by atoms with Gasteiger partial charge in [0.05, 0.1) is 6.42 Å². The van der Waals surface area contributed by atoms with E-state index in [1.807, 2.05) is 6.07 Å². The Morgan fingerprint density at radius 3 is 2.42 bits per heavy atom. The molecule has 0 saturated carbocycles. The molecular weight excluding hydrogens is 175 g/mol. The lowest BCUT2D eigenvalue weighted by Crippen LogP contribution is -1.95. The lowest BCUT2D eigenvalue weighted by molar-refractivity contribution is -0.111. The number of hydrogen-bond donors (Lipinski definition) is 1. The highest BCUT2D eigenvalue weighted by Crippen LogP contribution is 2.17. The summed E-state index contributed by atoms with van der Waals surface area (Å²) in [7, 11) is -2.67. The second-order valence-electron chi connectivity index (χ2n) is 2.33.